The van der Waals surface area contributed by atoms with Gasteiger partial charge in [0.25, 0.3) is 5.91 Å². The van der Waals surface area contributed by atoms with E-state index in [-0.39, 0.29) is 5.91 Å². The molecule has 0 bridgehead atoms. The number of carbonyl (C=O) groups excluding carboxylic acids is 1. The van der Waals surface area contributed by atoms with Crippen LogP contribution in [0.1, 0.15) is 25.8 Å². The Labute approximate surface area is 107 Å². The summed E-state index contributed by atoms with van der Waals surface area (Å²) in [5.74, 6) is 0.592. The molecular formula is C13H18ClNO2. The third-order valence-electron chi connectivity index (χ3n) is 2.36. The molecule has 0 aliphatic rings. The van der Waals surface area contributed by atoms with Crippen molar-refractivity contribution >= 4 is 17.5 Å². The van der Waals surface area contributed by atoms with Crippen LogP contribution in [0.5, 0.6) is 5.75 Å². The van der Waals surface area contributed by atoms with Gasteiger partial charge in [-0.05, 0) is 44.0 Å². The van der Waals surface area contributed by atoms with E-state index < -0.39 is 6.10 Å². The van der Waals surface area contributed by atoms with Gasteiger partial charge in [-0.25, -0.2) is 0 Å². The standard InChI is InChI=1S/C13H18ClNO2/c1-4-7-15-13(16)10(3)17-12-6-5-11(14)8-9(12)2/h5-6,8,10H,4,7H2,1-3H3,(H,15,16)/t10-/m0/s1. The summed E-state index contributed by atoms with van der Waals surface area (Å²) in [5, 5.41) is 3.46. The normalized spacial score (nSPS) is 12.0. The first-order chi connectivity index (χ1) is 8.04. The minimum atomic E-state index is -0.499. The van der Waals surface area contributed by atoms with Crippen molar-refractivity contribution in [3.63, 3.8) is 0 Å². The maximum absolute atomic E-state index is 11.6. The van der Waals surface area contributed by atoms with Gasteiger partial charge < -0.3 is 10.1 Å². The Kier molecular flexibility index (Phi) is 5.29. The average molecular weight is 256 g/mol. The number of ether oxygens (including phenoxy) is 1. The van der Waals surface area contributed by atoms with Gasteiger partial charge in [0.1, 0.15) is 5.75 Å². The molecule has 1 N–H and O–H groups in total. The molecule has 17 heavy (non-hydrogen) atoms. The molecule has 0 unspecified atom stereocenters. The predicted octanol–water partition coefficient (Wildman–Crippen LogP) is 2.94. The molecule has 4 heteroatoms. The fraction of sp³-hybridized carbons (Fsp3) is 0.462. The average Bonchev–Trinajstić information content (AvgIpc) is 2.29. The molecule has 0 saturated carbocycles. The van der Waals surface area contributed by atoms with Crippen LogP contribution in [0.4, 0.5) is 0 Å². The van der Waals surface area contributed by atoms with Crippen molar-refractivity contribution in [1.29, 1.82) is 0 Å². The highest BCUT2D eigenvalue weighted by molar-refractivity contribution is 6.30. The highest BCUT2D eigenvalue weighted by Crippen LogP contribution is 2.22. The summed E-state index contributed by atoms with van der Waals surface area (Å²) in [6.07, 6.45) is 0.416. The molecule has 0 heterocycles. The lowest BCUT2D eigenvalue weighted by Crippen LogP contribution is -2.36. The predicted molar refractivity (Wildman–Crippen MR) is 69.6 cm³/mol. The van der Waals surface area contributed by atoms with Crippen LogP contribution in [0.2, 0.25) is 5.02 Å². The molecular weight excluding hydrogens is 238 g/mol. The van der Waals surface area contributed by atoms with Crippen LogP contribution in [0, 0.1) is 6.92 Å². The Morgan fingerprint density at radius 2 is 2.24 bits per heavy atom. The van der Waals surface area contributed by atoms with Crippen LogP contribution in [0.25, 0.3) is 0 Å². The number of benzene rings is 1. The van der Waals surface area contributed by atoms with Crippen LogP contribution >= 0.6 is 11.6 Å². The van der Waals surface area contributed by atoms with E-state index in [1.54, 1.807) is 19.1 Å². The summed E-state index contributed by atoms with van der Waals surface area (Å²) in [4.78, 5) is 11.6. The number of amides is 1. The number of halogens is 1. The van der Waals surface area contributed by atoms with E-state index in [0.29, 0.717) is 17.3 Å². The number of aryl methyl sites for hydroxylation is 1. The van der Waals surface area contributed by atoms with Crippen molar-refractivity contribution in [2.45, 2.75) is 33.3 Å². The minimum Gasteiger partial charge on any atom is -0.481 e. The monoisotopic (exact) mass is 255 g/mol. The van der Waals surface area contributed by atoms with Gasteiger partial charge in [0, 0.05) is 11.6 Å². The molecule has 0 fully saturated rings. The molecule has 94 valence electrons. The Bertz CT molecular complexity index is 393. The van der Waals surface area contributed by atoms with Crippen molar-refractivity contribution in [2.24, 2.45) is 0 Å². The Balaban J connectivity index is 2.61. The van der Waals surface area contributed by atoms with Crippen LogP contribution < -0.4 is 10.1 Å². The van der Waals surface area contributed by atoms with E-state index in [1.165, 1.54) is 0 Å². The van der Waals surface area contributed by atoms with Gasteiger partial charge in [0.15, 0.2) is 6.10 Å². The SMILES string of the molecule is CCCNC(=O)[C@H](C)Oc1ccc(Cl)cc1C. The van der Waals surface area contributed by atoms with Crippen molar-refractivity contribution in [3.8, 4) is 5.75 Å². The molecule has 1 aromatic rings. The van der Waals surface area contributed by atoms with E-state index in [2.05, 4.69) is 5.32 Å². The topological polar surface area (TPSA) is 38.3 Å². The summed E-state index contributed by atoms with van der Waals surface area (Å²) in [5.41, 5.74) is 0.924. The second kappa shape index (κ2) is 6.50. The first-order valence-corrected chi connectivity index (χ1v) is 6.13. The van der Waals surface area contributed by atoms with E-state index >= 15 is 0 Å². The highest BCUT2D eigenvalue weighted by Gasteiger charge is 2.14. The lowest BCUT2D eigenvalue weighted by molar-refractivity contribution is -0.127. The van der Waals surface area contributed by atoms with E-state index in [4.69, 9.17) is 16.3 Å². The Hall–Kier alpha value is -1.22. The molecule has 3 nitrogen and oxygen atoms in total. The first-order valence-electron chi connectivity index (χ1n) is 5.75. The van der Waals surface area contributed by atoms with E-state index in [9.17, 15) is 4.79 Å². The molecule has 0 saturated heterocycles. The molecule has 0 aliphatic heterocycles. The quantitative estimate of drug-likeness (QED) is 0.879. The third kappa shape index (κ3) is 4.27. The Morgan fingerprint density at radius 1 is 1.53 bits per heavy atom. The second-order valence-electron chi connectivity index (χ2n) is 3.96. The van der Waals surface area contributed by atoms with Gasteiger partial charge >= 0.3 is 0 Å². The van der Waals surface area contributed by atoms with Gasteiger partial charge in [-0.15, -0.1) is 0 Å². The summed E-state index contributed by atoms with van der Waals surface area (Å²) in [7, 11) is 0. The van der Waals surface area contributed by atoms with Gasteiger partial charge in [0.05, 0.1) is 0 Å². The minimum absolute atomic E-state index is 0.0961. The maximum atomic E-state index is 11.6. The lowest BCUT2D eigenvalue weighted by Gasteiger charge is -2.16. The second-order valence-corrected chi connectivity index (χ2v) is 4.40. The molecule has 1 atom stereocenters. The van der Waals surface area contributed by atoms with Gasteiger partial charge in [-0.2, -0.15) is 0 Å². The largest absolute Gasteiger partial charge is 0.481 e. The van der Waals surface area contributed by atoms with Crippen LogP contribution in [-0.2, 0) is 4.79 Å². The number of rotatable bonds is 5. The van der Waals surface area contributed by atoms with Crippen molar-refractivity contribution in [1.82, 2.24) is 5.32 Å². The van der Waals surface area contributed by atoms with Crippen molar-refractivity contribution in [3.05, 3.63) is 28.8 Å². The smallest absolute Gasteiger partial charge is 0.260 e. The van der Waals surface area contributed by atoms with Crippen LogP contribution in [0.15, 0.2) is 18.2 Å². The molecule has 1 aromatic carbocycles. The summed E-state index contributed by atoms with van der Waals surface area (Å²) < 4.78 is 5.59. The zero-order chi connectivity index (χ0) is 12.8. The summed E-state index contributed by atoms with van der Waals surface area (Å²) >= 11 is 5.85. The molecule has 1 rings (SSSR count). The van der Waals surface area contributed by atoms with Crippen LogP contribution in [0.3, 0.4) is 0 Å². The number of hydrogen-bond acceptors (Lipinski definition) is 2. The molecule has 0 aliphatic carbocycles. The van der Waals surface area contributed by atoms with Crippen molar-refractivity contribution < 1.29 is 9.53 Å². The summed E-state index contributed by atoms with van der Waals surface area (Å²) in [6.45, 7) is 6.32. The highest BCUT2D eigenvalue weighted by atomic mass is 35.5. The molecule has 1 amide bonds. The molecule has 0 aromatic heterocycles. The zero-order valence-corrected chi connectivity index (χ0v) is 11.2. The van der Waals surface area contributed by atoms with Gasteiger partial charge in [0.2, 0.25) is 0 Å². The van der Waals surface area contributed by atoms with E-state index in [0.717, 1.165) is 12.0 Å². The maximum Gasteiger partial charge on any atom is 0.260 e. The van der Waals surface area contributed by atoms with Gasteiger partial charge in [-0.3, -0.25) is 4.79 Å². The zero-order valence-electron chi connectivity index (χ0n) is 10.4. The number of carbonyl (C=O) groups is 1. The molecule has 0 spiro atoms. The van der Waals surface area contributed by atoms with Gasteiger partial charge in [-0.1, -0.05) is 18.5 Å². The molecule has 0 radical (unpaired) electrons. The first kappa shape index (κ1) is 13.8. The van der Waals surface area contributed by atoms with Crippen molar-refractivity contribution in [2.75, 3.05) is 6.54 Å². The Morgan fingerprint density at radius 3 is 2.82 bits per heavy atom. The third-order valence-corrected chi connectivity index (χ3v) is 2.59. The number of nitrogens with one attached hydrogen (secondary N) is 1. The fourth-order valence-electron chi connectivity index (χ4n) is 1.38. The fourth-order valence-corrected chi connectivity index (χ4v) is 1.61. The lowest BCUT2D eigenvalue weighted by atomic mass is 10.2. The number of hydrogen-bond donors (Lipinski definition) is 1. The van der Waals surface area contributed by atoms with Crippen LogP contribution in [-0.4, -0.2) is 18.6 Å². The van der Waals surface area contributed by atoms with E-state index in [1.807, 2.05) is 19.9 Å². The summed E-state index contributed by atoms with van der Waals surface area (Å²) in [6, 6.07) is 5.34.